The molecule has 1 N–H and O–H groups in total. The molecule has 0 saturated carbocycles. The topological polar surface area (TPSA) is 49.8 Å². The summed E-state index contributed by atoms with van der Waals surface area (Å²) < 4.78 is 5.28. The van der Waals surface area contributed by atoms with Crippen LogP contribution in [0.4, 0.5) is 4.79 Å². The lowest BCUT2D eigenvalue weighted by atomic mass is 9.89. The van der Waals surface area contributed by atoms with E-state index in [1.165, 1.54) is 0 Å². The molecule has 0 radical (unpaired) electrons. The molecule has 1 aliphatic rings. The van der Waals surface area contributed by atoms with Crippen LogP contribution in [-0.4, -0.2) is 40.4 Å². The number of piperidine rings is 1. The molecule has 1 saturated heterocycles. The van der Waals surface area contributed by atoms with Gasteiger partial charge in [0.25, 0.3) is 0 Å². The van der Waals surface area contributed by atoms with Crippen LogP contribution in [0.5, 0.6) is 0 Å². The van der Waals surface area contributed by atoms with Crippen molar-refractivity contribution in [3.05, 3.63) is 0 Å². The summed E-state index contributed by atoms with van der Waals surface area (Å²) in [7, 11) is 0. The van der Waals surface area contributed by atoms with E-state index in [2.05, 4.69) is 0 Å². The molecule has 0 aromatic heterocycles. The number of aliphatic hydroxyl groups is 1. The zero-order chi connectivity index (χ0) is 12.4. The van der Waals surface area contributed by atoms with Gasteiger partial charge in [0.2, 0.25) is 0 Å². The minimum Gasteiger partial charge on any atom is -0.444 e. The van der Waals surface area contributed by atoms with Gasteiger partial charge in [0.05, 0.1) is 5.60 Å². The van der Waals surface area contributed by atoms with Crippen molar-refractivity contribution in [1.82, 2.24) is 4.90 Å². The third-order valence-corrected chi connectivity index (χ3v) is 3.00. The fraction of sp³-hybridized carbons (Fsp3) is 0.917. The maximum atomic E-state index is 11.7. The van der Waals surface area contributed by atoms with E-state index < -0.39 is 11.2 Å². The smallest absolute Gasteiger partial charge is 0.410 e. The first-order valence-electron chi connectivity index (χ1n) is 5.96. The summed E-state index contributed by atoms with van der Waals surface area (Å²) in [6.45, 7) is 8.72. The molecule has 0 aromatic rings. The van der Waals surface area contributed by atoms with Crippen molar-refractivity contribution >= 4 is 6.09 Å². The second-order valence-electron chi connectivity index (χ2n) is 5.55. The van der Waals surface area contributed by atoms with E-state index in [1.54, 1.807) is 4.90 Å². The summed E-state index contributed by atoms with van der Waals surface area (Å²) in [5.41, 5.74) is -1.03. The summed E-state index contributed by atoms with van der Waals surface area (Å²) in [4.78, 5) is 13.4. The zero-order valence-electron chi connectivity index (χ0n) is 10.7. The van der Waals surface area contributed by atoms with Crippen molar-refractivity contribution in [3.63, 3.8) is 0 Å². The van der Waals surface area contributed by atoms with Crippen LogP contribution in [-0.2, 0) is 4.74 Å². The molecule has 16 heavy (non-hydrogen) atoms. The third-order valence-electron chi connectivity index (χ3n) is 3.00. The number of carbonyl (C=O) groups excluding carboxylic acids is 1. The third kappa shape index (κ3) is 3.67. The van der Waals surface area contributed by atoms with Crippen molar-refractivity contribution < 1.29 is 14.6 Å². The lowest BCUT2D eigenvalue weighted by Gasteiger charge is -2.38. The van der Waals surface area contributed by atoms with Crippen LogP contribution in [0.1, 0.15) is 47.0 Å². The standard InChI is InChI=1S/C12H23NO3/c1-5-12(15)6-8-13(9-7-12)10(14)16-11(2,3)4/h15H,5-9H2,1-4H3. The molecule has 1 aliphatic heterocycles. The van der Waals surface area contributed by atoms with Gasteiger partial charge in [-0.15, -0.1) is 0 Å². The normalized spacial score (nSPS) is 20.7. The van der Waals surface area contributed by atoms with Gasteiger partial charge < -0.3 is 14.7 Å². The van der Waals surface area contributed by atoms with Crippen LogP contribution in [0.3, 0.4) is 0 Å². The van der Waals surface area contributed by atoms with Gasteiger partial charge in [-0.1, -0.05) is 6.92 Å². The molecule has 4 heteroatoms. The number of ether oxygens (including phenoxy) is 1. The van der Waals surface area contributed by atoms with Gasteiger partial charge in [-0.2, -0.15) is 0 Å². The van der Waals surface area contributed by atoms with Gasteiger partial charge in [0.15, 0.2) is 0 Å². The largest absolute Gasteiger partial charge is 0.444 e. The molecule has 0 spiro atoms. The number of hydrogen-bond donors (Lipinski definition) is 1. The predicted octanol–water partition coefficient (Wildman–Crippen LogP) is 2.16. The van der Waals surface area contributed by atoms with Gasteiger partial charge in [-0.05, 0) is 40.0 Å². The monoisotopic (exact) mass is 229 g/mol. The second kappa shape index (κ2) is 4.62. The van der Waals surface area contributed by atoms with Gasteiger partial charge in [-0.3, -0.25) is 0 Å². The van der Waals surface area contributed by atoms with E-state index in [0.29, 0.717) is 25.9 Å². The highest BCUT2D eigenvalue weighted by Crippen LogP contribution is 2.26. The van der Waals surface area contributed by atoms with E-state index in [0.717, 1.165) is 6.42 Å². The highest BCUT2D eigenvalue weighted by atomic mass is 16.6. The quantitative estimate of drug-likeness (QED) is 0.749. The molecule has 1 amide bonds. The SMILES string of the molecule is CCC1(O)CCN(C(=O)OC(C)(C)C)CC1. The Labute approximate surface area is 97.6 Å². The van der Waals surface area contributed by atoms with Gasteiger partial charge >= 0.3 is 6.09 Å². The van der Waals surface area contributed by atoms with Crippen molar-refractivity contribution in [3.8, 4) is 0 Å². The van der Waals surface area contributed by atoms with Crippen LogP contribution in [0, 0.1) is 0 Å². The molecular formula is C12H23NO3. The highest BCUT2D eigenvalue weighted by molar-refractivity contribution is 5.68. The molecule has 0 bridgehead atoms. The van der Waals surface area contributed by atoms with Crippen molar-refractivity contribution in [2.75, 3.05) is 13.1 Å². The second-order valence-corrected chi connectivity index (χ2v) is 5.55. The number of amides is 1. The summed E-state index contributed by atoms with van der Waals surface area (Å²) in [6, 6.07) is 0. The fourth-order valence-electron chi connectivity index (χ4n) is 1.79. The fourth-order valence-corrected chi connectivity index (χ4v) is 1.79. The number of hydrogen-bond acceptors (Lipinski definition) is 3. The van der Waals surface area contributed by atoms with Gasteiger partial charge in [0.1, 0.15) is 5.60 Å². The minimum absolute atomic E-state index is 0.273. The molecular weight excluding hydrogens is 206 g/mol. The zero-order valence-corrected chi connectivity index (χ0v) is 10.7. The van der Waals surface area contributed by atoms with Crippen LogP contribution < -0.4 is 0 Å². The van der Waals surface area contributed by atoms with Crippen LogP contribution in [0.25, 0.3) is 0 Å². The van der Waals surface area contributed by atoms with Gasteiger partial charge in [-0.25, -0.2) is 4.79 Å². The number of rotatable bonds is 1. The minimum atomic E-state index is -0.585. The Morgan fingerprint density at radius 1 is 1.38 bits per heavy atom. The number of carbonyl (C=O) groups is 1. The van der Waals surface area contributed by atoms with E-state index in [-0.39, 0.29) is 6.09 Å². The van der Waals surface area contributed by atoms with Crippen LogP contribution in [0.2, 0.25) is 0 Å². The molecule has 4 nitrogen and oxygen atoms in total. The molecule has 1 fully saturated rings. The van der Waals surface area contributed by atoms with Crippen molar-refractivity contribution in [2.24, 2.45) is 0 Å². The van der Waals surface area contributed by atoms with E-state index >= 15 is 0 Å². The average Bonchev–Trinajstić information content (AvgIpc) is 2.16. The molecule has 1 heterocycles. The molecule has 1 rings (SSSR count). The average molecular weight is 229 g/mol. The van der Waals surface area contributed by atoms with E-state index in [9.17, 15) is 9.90 Å². The summed E-state index contributed by atoms with van der Waals surface area (Å²) >= 11 is 0. The molecule has 0 atom stereocenters. The molecule has 94 valence electrons. The summed E-state index contributed by atoms with van der Waals surface area (Å²) in [6.07, 6.45) is 1.76. The highest BCUT2D eigenvalue weighted by Gasteiger charge is 2.33. The first kappa shape index (κ1) is 13.3. The first-order valence-corrected chi connectivity index (χ1v) is 5.96. The lowest BCUT2D eigenvalue weighted by molar-refractivity contribution is -0.0338. The van der Waals surface area contributed by atoms with E-state index in [1.807, 2.05) is 27.7 Å². The summed E-state index contributed by atoms with van der Waals surface area (Å²) in [5, 5.41) is 10.0. The molecule has 0 aromatic carbocycles. The Kier molecular flexibility index (Phi) is 3.84. The van der Waals surface area contributed by atoms with Crippen LogP contribution >= 0.6 is 0 Å². The predicted molar refractivity (Wildman–Crippen MR) is 62.3 cm³/mol. The molecule has 0 unspecified atom stereocenters. The van der Waals surface area contributed by atoms with Crippen molar-refractivity contribution in [2.45, 2.75) is 58.2 Å². The van der Waals surface area contributed by atoms with E-state index in [4.69, 9.17) is 4.74 Å². The number of nitrogens with zero attached hydrogens (tertiary/aromatic N) is 1. The van der Waals surface area contributed by atoms with Crippen molar-refractivity contribution in [1.29, 1.82) is 0 Å². The Bertz CT molecular complexity index is 249. The maximum Gasteiger partial charge on any atom is 0.410 e. The van der Waals surface area contributed by atoms with Gasteiger partial charge in [0, 0.05) is 13.1 Å². The lowest BCUT2D eigenvalue weighted by Crippen LogP contribution is -2.47. The Hall–Kier alpha value is -0.770. The summed E-state index contributed by atoms with van der Waals surface area (Å²) in [5.74, 6) is 0. The maximum absolute atomic E-state index is 11.7. The number of likely N-dealkylation sites (tertiary alicyclic amines) is 1. The Morgan fingerprint density at radius 3 is 2.25 bits per heavy atom. The Balaban J connectivity index is 2.45. The Morgan fingerprint density at radius 2 is 1.88 bits per heavy atom. The molecule has 0 aliphatic carbocycles. The van der Waals surface area contributed by atoms with Crippen LogP contribution in [0.15, 0.2) is 0 Å². The first-order chi connectivity index (χ1) is 7.26.